The molecule has 4 nitrogen and oxygen atoms in total. The van der Waals surface area contributed by atoms with Crippen LogP contribution in [0.1, 0.15) is 12.8 Å². The van der Waals surface area contributed by atoms with Crippen molar-refractivity contribution in [1.29, 1.82) is 0 Å². The van der Waals surface area contributed by atoms with Gasteiger partial charge in [0.25, 0.3) is 11.6 Å². The van der Waals surface area contributed by atoms with Crippen molar-refractivity contribution >= 4 is 23.1 Å². The summed E-state index contributed by atoms with van der Waals surface area (Å²) in [6.45, 7) is 0. The summed E-state index contributed by atoms with van der Waals surface area (Å²) in [6.07, 6.45) is 12.2. The SMILES string of the molecule is O=C(C(=O)C(=O)C1=[C]CC=C1)C(=O)C1=[C]CC=C1. The standard InChI is InChI=1S/C14H8O4/c15-11(9-5-1-2-6-9)13(17)14(18)12(16)10-7-3-4-8-10/h1,3,5,7H,2,4H2. The molecule has 2 radical (unpaired) electrons. The highest BCUT2D eigenvalue weighted by Gasteiger charge is 2.32. The molecule has 0 aromatic rings. The predicted octanol–water partition coefficient (Wildman–Crippen LogP) is 0.642. The first-order valence-corrected chi connectivity index (χ1v) is 5.33. The normalized spacial score (nSPS) is 16.4. The second kappa shape index (κ2) is 4.87. The highest BCUT2D eigenvalue weighted by atomic mass is 16.2. The summed E-state index contributed by atoms with van der Waals surface area (Å²) in [7, 11) is 0. The maximum absolute atomic E-state index is 11.6. The predicted molar refractivity (Wildman–Crippen MR) is 61.1 cm³/mol. The molecule has 0 aromatic heterocycles. The van der Waals surface area contributed by atoms with Gasteiger partial charge in [0, 0.05) is 11.1 Å². The highest BCUT2D eigenvalue weighted by Crippen LogP contribution is 2.12. The molecule has 2 aliphatic rings. The van der Waals surface area contributed by atoms with Crippen LogP contribution >= 0.6 is 0 Å². The molecule has 0 aliphatic heterocycles. The molecule has 0 N–H and O–H groups in total. The minimum Gasteiger partial charge on any atom is -0.285 e. The summed E-state index contributed by atoms with van der Waals surface area (Å²) in [5, 5.41) is 0. The van der Waals surface area contributed by atoms with Gasteiger partial charge in [-0.25, -0.2) is 0 Å². The van der Waals surface area contributed by atoms with Crippen LogP contribution in [0.5, 0.6) is 0 Å². The molecule has 0 saturated carbocycles. The zero-order chi connectivity index (χ0) is 13.1. The lowest BCUT2D eigenvalue weighted by molar-refractivity contribution is -0.146. The molecule has 4 heteroatoms. The van der Waals surface area contributed by atoms with Crippen molar-refractivity contribution in [2.75, 3.05) is 0 Å². The second-order valence-corrected chi connectivity index (χ2v) is 3.71. The average molecular weight is 240 g/mol. The number of hydrogen-bond donors (Lipinski definition) is 0. The number of rotatable bonds is 5. The topological polar surface area (TPSA) is 68.3 Å². The van der Waals surface area contributed by atoms with Crippen molar-refractivity contribution in [1.82, 2.24) is 0 Å². The average Bonchev–Trinajstić information content (AvgIpc) is 3.06. The minimum atomic E-state index is -1.32. The first kappa shape index (κ1) is 12.1. The van der Waals surface area contributed by atoms with Crippen LogP contribution in [0, 0.1) is 12.2 Å². The van der Waals surface area contributed by atoms with Crippen LogP contribution in [0.4, 0.5) is 0 Å². The van der Waals surface area contributed by atoms with Gasteiger partial charge in [0.2, 0.25) is 11.6 Å². The minimum absolute atomic E-state index is 0.0427. The second-order valence-electron chi connectivity index (χ2n) is 3.71. The monoisotopic (exact) mass is 240 g/mol. The third kappa shape index (κ3) is 2.18. The van der Waals surface area contributed by atoms with Crippen molar-refractivity contribution in [3.05, 3.63) is 47.6 Å². The largest absolute Gasteiger partial charge is 0.285 e. The van der Waals surface area contributed by atoms with Crippen LogP contribution in [0.25, 0.3) is 0 Å². The van der Waals surface area contributed by atoms with Crippen molar-refractivity contribution in [2.45, 2.75) is 12.8 Å². The van der Waals surface area contributed by atoms with Gasteiger partial charge in [0.15, 0.2) is 0 Å². The molecule has 0 spiro atoms. The zero-order valence-corrected chi connectivity index (χ0v) is 9.36. The third-order valence-corrected chi connectivity index (χ3v) is 2.50. The third-order valence-electron chi connectivity index (χ3n) is 2.50. The zero-order valence-electron chi connectivity index (χ0n) is 9.36. The summed E-state index contributed by atoms with van der Waals surface area (Å²) in [4.78, 5) is 46.3. The van der Waals surface area contributed by atoms with Gasteiger partial charge in [-0.15, -0.1) is 0 Å². The van der Waals surface area contributed by atoms with E-state index in [1.807, 2.05) is 0 Å². The lowest BCUT2D eigenvalue weighted by atomic mass is 10.00. The summed E-state index contributed by atoms with van der Waals surface area (Å²) < 4.78 is 0. The molecule has 0 atom stereocenters. The van der Waals surface area contributed by atoms with Gasteiger partial charge in [-0.1, -0.05) is 24.3 Å². The van der Waals surface area contributed by atoms with Gasteiger partial charge in [0.05, 0.1) is 0 Å². The van der Waals surface area contributed by atoms with E-state index in [4.69, 9.17) is 0 Å². The smallest absolute Gasteiger partial charge is 0.277 e. The molecule has 2 aliphatic carbocycles. The lowest BCUT2D eigenvalue weighted by Gasteiger charge is -1.98. The van der Waals surface area contributed by atoms with E-state index in [-0.39, 0.29) is 11.1 Å². The number of carbonyl (C=O) groups is 4. The highest BCUT2D eigenvalue weighted by molar-refractivity contribution is 6.81. The van der Waals surface area contributed by atoms with Crippen LogP contribution in [-0.2, 0) is 19.2 Å². The first-order valence-electron chi connectivity index (χ1n) is 5.33. The van der Waals surface area contributed by atoms with Crippen LogP contribution < -0.4 is 0 Å². The van der Waals surface area contributed by atoms with Crippen LogP contribution in [0.2, 0.25) is 0 Å². The molecule has 0 aromatic carbocycles. The van der Waals surface area contributed by atoms with Gasteiger partial charge in [-0.2, -0.15) is 0 Å². The summed E-state index contributed by atoms with van der Waals surface area (Å²) >= 11 is 0. The van der Waals surface area contributed by atoms with Crippen molar-refractivity contribution in [3.63, 3.8) is 0 Å². The van der Waals surface area contributed by atoms with Gasteiger partial charge in [-0.05, 0) is 25.0 Å². The van der Waals surface area contributed by atoms with Crippen LogP contribution in [0.3, 0.4) is 0 Å². The van der Waals surface area contributed by atoms with Crippen molar-refractivity contribution in [2.24, 2.45) is 0 Å². The van der Waals surface area contributed by atoms with Crippen molar-refractivity contribution < 1.29 is 19.2 Å². The van der Waals surface area contributed by atoms with Gasteiger partial charge < -0.3 is 0 Å². The quantitative estimate of drug-likeness (QED) is 0.522. The molecule has 0 amide bonds. The summed E-state index contributed by atoms with van der Waals surface area (Å²) in [6, 6.07) is 0. The number of hydrogen-bond acceptors (Lipinski definition) is 4. The summed E-state index contributed by atoms with van der Waals surface area (Å²) in [5.41, 5.74) is 0.0853. The number of allylic oxidation sites excluding steroid dienone is 8. The van der Waals surface area contributed by atoms with Gasteiger partial charge in [-0.3, -0.25) is 19.2 Å². The Labute approximate surface area is 103 Å². The van der Waals surface area contributed by atoms with Crippen LogP contribution in [-0.4, -0.2) is 23.1 Å². The molecule has 88 valence electrons. The maximum Gasteiger partial charge on any atom is 0.277 e. The Balaban J connectivity index is 2.11. The molecule has 0 fully saturated rings. The van der Waals surface area contributed by atoms with E-state index in [2.05, 4.69) is 12.2 Å². The molecule has 0 saturated heterocycles. The Bertz CT molecular complexity index is 519. The van der Waals surface area contributed by atoms with E-state index < -0.39 is 23.1 Å². The van der Waals surface area contributed by atoms with Gasteiger partial charge >= 0.3 is 0 Å². The van der Waals surface area contributed by atoms with E-state index in [0.717, 1.165) is 0 Å². The Hall–Kier alpha value is -2.36. The molecule has 0 heterocycles. The molecule has 18 heavy (non-hydrogen) atoms. The van der Waals surface area contributed by atoms with E-state index in [1.54, 1.807) is 12.2 Å². The molecule has 2 rings (SSSR count). The Morgan fingerprint density at radius 3 is 1.44 bits per heavy atom. The number of Topliss-reactive ketones (excluding diaryl/α,β-unsaturated/α-hetero) is 4. The molecular formula is C14H8O4. The fraction of sp³-hybridized carbons (Fsp3) is 0.143. The first-order chi connectivity index (χ1) is 8.61. The molecule has 0 bridgehead atoms. The van der Waals surface area contributed by atoms with E-state index in [9.17, 15) is 19.2 Å². The molecular weight excluding hydrogens is 232 g/mol. The number of carbonyl (C=O) groups excluding carboxylic acids is 4. The lowest BCUT2D eigenvalue weighted by Crippen LogP contribution is -2.31. The Kier molecular flexibility index (Phi) is 3.28. The molecule has 0 unspecified atom stereocenters. The van der Waals surface area contributed by atoms with Crippen LogP contribution in [0.15, 0.2) is 35.5 Å². The summed E-state index contributed by atoms with van der Waals surface area (Å²) in [5.74, 6) is -4.60. The van der Waals surface area contributed by atoms with Gasteiger partial charge in [0.1, 0.15) is 0 Å². The van der Waals surface area contributed by atoms with E-state index in [0.29, 0.717) is 12.8 Å². The fourth-order valence-electron chi connectivity index (χ4n) is 1.57. The fourth-order valence-corrected chi connectivity index (χ4v) is 1.57. The van der Waals surface area contributed by atoms with E-state index >= 15 is 0 Å². The number of ketones is 4. The maximum atomic E-state index is 11.6. The van der Waals surface area contributed by atoms with Crippen molar-refractivity contribution in [3.8, 4) is 0 Å². The van der Waals surface area contributed by atoms with E-state index in [1.165, 1.54) is 12.2 Å². The Morgan fingerprint density at radius 2 is 1.17 bits per heavy atom. The Morgan fingerprint density at radius 1 is 0.778 bits per heavy atom.